The number of aromatic nitrogens is 2. The lowest BCUT2D eigenvalue weighted by atomic mass is 10.2. The summed E-state index contributed by atoms with van der Waals surface area (Å²) in [7, 11) is 1.69. The molecule has 0 unspecified atom stereocenters. The van der Waals surface area contributed by atoms with E-state index in [4.69, 9.17) is 14.3 Å². The first kappa shape index (κ1) is 24.2. The molecular weight excluding hydrogens is 495 g/mol. The van der Waals surface area contributed by atoms with Crippen LogP contribution >= 0.6 is 24.0 Å². The van der Waals surface area contributed by atoms with Gasteiger partial charge < -0.3 is 24.4 Å². The van der Waals surface area contributed by atoms with E-state index in [9.17, 15) is 0 Å². The summed E-state index contributed by atoms with van der Waals surface area (Å²) < 4.78 is 10.6. The molecule has 1 aliphatic rings. The summed E-state index contributed by atoms with van der Waals surface area (Å²) in [5.41, 5.74) is 1.23. The Bertz CT molecular complexity index is 785. The smallest absolute Gasteiger partial charge is 0.228 e. The van der Waals surface area contributed by atoms with Crippen LogP contribution in [-0.2, 0) is 6.42 Å². The SMILES string of the molecule is CCNC(=NCCc1nc(C(C)C)no1)N1CCN(c2ccc(OC)cc2)CC1.I. The van der Waals surface area contributed by atoms with Crippen LogP contribution in [-0.4, -0.2) is 67.4 Å². The zero-order valence-corrected chi connectivity index (χ0v) is 20.6. The van der Waals surface area contributed by atoms with Gasteiger partial charge in [-0.15, -0.1) is 24.0 Å². The third-order valence-electron chi connectivity index (χ3n) is 4.94. The number of guanidine groups is 1. The Balaban J connectivity index is 0.00000320. The molecule has 166 valence electrons. The fourth-order valence-electron chi connectivity index (χ4n) is 3.26. The van der Waals surface area contributed by atoms with Crippen LogP contribution in [0.1, 0.15) is 38.4 Å². The molecule has 30 heavy (non-hydrogen) atoms. The average molecular weight is 528 g/mol. The maximum Gasteiger partial charge on any atom is 0.228 e. The van der Waals surface area contributed by atoms with Crippen LogP contribution in [0.2, 0.25) is 0 Å². The summed E-state index contributed by atoms with van der Waals surface area (Å²) in [5.74, 6) is 3.51. The maximum atomic E-state index is 5.31. The van der Waals surface area contributed by atoms with Crippen LogP contribution in [0, 0.1) is 0 Å². The van der Waals surface area contributed by atoms with Gasteiger partial charge in [-0.25, -0.2) is 0 Å². The molecule has 1 fully saturated rings. The van der Waals surface area contributed by atoms with Gasteiger partial charge in [-0.2, -0.15) is 4.98 Å². The largest absolute Gasteiger partial charge is 0.497 e. The third-order valence-corrected chi connectivity index (χ3v) is 4.94. The van der Waals surface area contributed by atoms with Crippen LogP contribution in [0.4, 0.5) is 5.69 Å². The standard InChI is InChI=1S/C21H32N6O2.HI/c1-5-22-21(23-11-10-19-24-20(16(2)3)25-29-19)27-14-12-26(13-15-27)17-6-8-18(28-4)9-7-17;/h6-9,16H,5,10-15H2,1-4H3,(H,22,23);1H. The second-order valence-electron chi connectivity index (χ2n) is 7.36. The minimum atomic E-state index is 0. The number of halogens is 1. The fraction of sp³-hybridized carbons (Fsp3) is 0.571. The van der Waals surface area contributed by atoms with Crippen molar-refractivity contribution in [2.45, 2.75) is 33.1 Å². The number of nitrogens with zero attached hydrogens (tertiary/aromatic N) is 5. The zero-order chi connectivity index (χ0) is 20.6. The number of benzene rings is 1. The molecule has 8 nitrogen and oxygen atoms in total. The van der Waals surface area contributed by atoms with Crippen molar-refractivity contribution in [3.8, 4) is 5.75 Å². The number of methoxy groups -OCH3 is 1. The highest BCUT2D eigenvalue weighted by Crippen LogP contribution is 2.20. The van der Waals surface area contributed by atoms with E-state index in [1.54, 1.807) is 7.11 Å². The first-order valence-corrected chi connectivity index (χ1v) is 10.4. The predicted octanol–water partition coefficient (Wildman–Crippen LogP) is 3.15. The molecule has 9 heteroatoms. The van der Waals surface area contributed by atoms with Crippen molar-refractivity contribution in [3.05, 3.63) is 36.0 Å². The highest BCUT2D eigenvalue weighted by atomic mass is 127. The van der Waals surface area contributed by atoms with Crippen molar-refractivity contribution in [2.24, 2.45) is 4.99 Å². The van der Waals surface area contributed by atoms with Gasteiger partial charge in [0, 0.05) is 50.7 Å². The van der Waals surface area contributed by atoms with E-state index in [0.717, 1.165) is 50.3 Å². The number of nitrogens with one attached hydrogen (secondary N) is 1. The third kappa shape index (κ3) is 6.48. The van der Waals surface area contributed by atoms with Crippen molar-refractivity contribution >= 4 is 35.6 Å². The first-order chi connectivity index (χ1) is 14.1. The molecule has 1 N–H and O–H groups in total. The van der Waals surface area contributed by atoms with Gasteiger partial charge in [0.15, 0.2) is 11.8 Å². The molecule has 0 amide bonds. The molecular formula is C21H33IN6O2. The topological polar surface area (TPSA) is 79.0 Å². The molecule has 0 atom stereocenters. The lowest BCUT2D eigenvalue weighted by molar-refractivity contribution is 0.366. The molecule has 0 saturated carbocycles. The van der Waals surface area contributed by atoms with E-state index >= 15 is 0 Å². The molecule has 3 rings (SSSR count). The summed E-state index contributed by atoms with van der Waals surface area (Å²) in [6.07, 6.45) is 0.653. The van der Waals surface area contributed by atoms with Crippen molar-refractivity contribution in [1.29, 1.82) is 0 Å². The number of hydrogen-bond acceptors (Lipinski definition) is 6. The Morgan fingerprint density at radius 1 is 1.20 bits per heavy atom. The highest BCUT2D eigenvalue weighted by Gasteiger charge is 2.20. The van der Waals surface area contributed by atoms with Gasteiger partial charge >= 0.3 is 0 Å². The Labute approximate surface area is 196 Å². The normalized spacial score (nSPS) is 14.6. The summed E-state index contributed by atoms with van der Waals surface area (Å²) in [5, 5.41) is 7.42. The zero-order valence-electron chi connectivity index (χ0n) is 18.3. The van der Waals surface area contributed by atoms with Crippen LogP contribution < -0.4 is 15.0 Å². The second-order valence-corrected chi connectivity index (χ2v) is 7.36. The molecule has 1 aliphatic heterocycles. The van der Waals surface area contributed by atoms with Crippen molar-refractivity contribution < 1.29 is 9.26 Å². The lowest BCUT2D eigenvalue weighted by Crippen LogP contribution is -2.52. The molecule has 1 aromatic heterocycles. The molecule has 0 aliphatic carbocycles. The fourth-order valence-corrected chi connectivity index (χ4v) is 3.26. The van der Waals surface area contributed by atoms with Crippen molar-refractivity contribution in [1.82, 2.24) is 20.4 Å². The van der Waals surface area contributed by atoms with Crippen LogP contribution in [0.3, 0.4) is 0 Å². The Kier molecular flexibility index (Phi) is 9.67. The van der Waals surface area contributed by atoms with Gasteiger partial charge in [0.05, 0.1) is 13.7 Å². The number of piperazine rings is 1. The Morgan fingerprint density at radius 2 is 1.90 bits per heavy atom. The highest BCUT2D eigenvalue weighted by molar-refractivity contribution is 14.0. The van der Waals surface area contributed by atoms with Crippen molar-refractivity contribution in [3.63, 3.8) is 0 Å². The first-order valence-electron chi connectivity index (χ1n) is 10.4. The van der Waals surface area contributed by atoms with E-state index in [1.807, 2.05) is 12.1 Å². The van der Waals surface area contributed by atoms with Crippen LogP contribution in [0.25, 0.3) is 0 Å². The van der Waals surface area contributed by atoms with Gasteiger partial charge in [0.25, 0.3) is 0 Å². The minimum absolute atomic E-state index is 0. The molecule has 2 aromatic rings. The molecule has 0 bridgehead atoms. The van der Waals surface area contributed by atoms with Gasteiger partial charge in [0.1, 0.15) is 5.75 Å². The van der Waals surface area contributed by atoms with Crippen LogP contribution in [0.15, 0.2) is 33.8 Å². The molecule has 1 saturated heterocycles. The Morgan fingerprint density at radius 3 is 2.47 bits per heavy atom. The number of anilines is 1. The number of ether oxygens (including phenoxy) is 1. The summed E-state index contributed by atoms with van der Waals surface area (Å²) >= 11 is 0. The summed E-state index contributed by atoms with van der Waals surface area (Å²) in [6.45, 7) is 11.4. The summed E-state index contributed by atoms with van der Waals surface area (Å²) in [6, 6.07) is 8.25. The second kappa shape index (κ2) is 12.0. The van der Waals surface area contributed by atoms with E-state index in [2.05, 4.69) is 58.2 Å². The monoisotopic (exact) mass is 528 g/mol. The molecule has 1 aromatic carbocycles. The van der Waals surface area contributed by atoms with Gasteiger partial charge in [-0.05, 0) is 31.2 Å². The van der Waals surface area contributed by atoms with E-state index in [0.29, 0.717) is 18.9 Å². The quantitative estimate of drug-likeness (QED) is 0.336. The number of rotatable bonds is 7. The number of aliphatic imine (C=N–C) groups is 1. The average Bonchev–Trinajstić information content (AvgIpc) is 3.23. The van der Waals surface area contributed by atoms with Gasteiger partial charge in [-0.1, -0.05) is 19.0 Å². The lowest BCUT2D eigenvalue weighted by Gasteiger charge is -2.37. The van der Waals surface area contributed by atoms with Gasteiger partial charge in [0.2, 0.25) is 5.89 Å². The predicted molar refractivity (Wildman–Crippen MR) is 130 cm³/mol. The summed E-state index contributed by atoms with van der Waals surface area (Å²) in [4.78, 5) is 13.9. The maximum absolute atomic E-state index is 5.31. The van der Waals surface area contributed by atoms with E-state index in [-0.39, 0.29) is 29.9 Å². The molecule has 2 heterocycles. The van der Waals surface area contributed by atoms with E-state index in [1.165, 1.54) is 5.69 Å². The van der Waals surface area contributed by atoms with Crippen LogP contribution in [0.5, 0.6) is 5.75 Å². The van der Waals surface area contributed by atoms with Gasteiger partial charge in [-0.3, -0.25) is 4.99 Å². The van der Waals surface area contributed by atoms with E-state index < -0.39 is 0 Å². The molecule has 0 radical (unpaired) electrons. The minimum Gasteiger partial charge on any atom is -0.497 e. The number of hydrogen-bond donors (Lipinski definition) is 1. The van der Waals surface area contributed by atoms with Crippen molar-refractivity contribution in [2.75, 3.05) is 51.3 Å². The Hall–Kier alpha value is -2.04. The molecule has 0 spiro atoms.